The first-order valence-corrected chi connectivity index (χ1v) is 8.00. The summed E-state index contributed by atoms with van der Waals surface area (Å²) in [6.45, 7) is 9.10. The Morgan fingerprint density at radius 3 is 2.43 bits per heavy atom. The Hall–Kier alpha value is -1.26. The number of carboxylic acids is 1. The molecule has 1 rings (SSSR count). The van der Waals surface area contributed by atoms with Gasteiger partial charge >= 0.3 is 12.0 Å². The summed E-state index contributed by atoms with van der Waals surface area (Å²) in [5.74, 6) is 0.182. The summed E-state index contributed by atoms with van der Waals surface area (Å²) in [6, 6.07) is 0.252. The van der Waals surface area contributed by atoms with E-state index in [-0.39, 0.29) is 17.9 Å². The van der Waals surface area contributed by atoms with Gasteiger partial charge in [-0.25, -0.2) is 4.79 Å². The van der Waals surface area contributed by atoms with E-state index in [1.54, 1.807) is 0 Å². The van der Waals surface area contributed by atoms with E-state index in [9.17, 15) is 9.59 Å². The number of carbonyl (C=O) groups is 2. The molecule has 3 unspecified atom stereocenters. The molecular weight excluding hydrogens is 268 g/mol. The van der Waals surface area contributed by atoms with Crippen LogP contribution in [-0.2, 0) is 4.79 Å². The molecule has 0 heterocycles. The van der Waals surface area contributed by atoms with Crippen LogP contribution in [0.5, 0.6) is 0 Å². The van der Waals surface area contributed by atoms with Gasteiger partial charge in [-0.05, 0) is 36.5 Å². The number of nitrogens with one attached hydrogen (secondary N) is 2. The fourth-order valence-electron chi connectivity index (χ4n) is 2.76. The number of carbonyl (C=O) groups excluding carboxylic acids is 1. The Labute approximate surface area is 127 Å². The maximum Gasteiger partial charge on any atom is 0.315 e. The van der Waals surface area contributed by atoms with E-state index >= 15 is 0 Å². The Bertz CT molecular complexity index is 363. The van der Waals surface area contributed by atoms with Crippen molar-refractivity contribution in [3.8, 4) is 0 Å². The van der Waals surface area contributed by atoms with Crippen molar-refractivity contribution < 1.29 is 14.7 Å². The molecule has 5 nitrogen and oxygen atoms in total. The van der Waals surface area contributed by atoms with Gasteiger partial charge in [-0.15, -0.1) is 0 Å². The van der Waals surface area contributed by atoms with Crippen molar-refractivity contribution in [1.29, 1.82) is 0 Å². The average molecular weight is 298 g/mol. The fraction of sp³-hybridized carbons (Fsp3) is 0.875. The molecule has 2 amide bonds. The number of hydrogen-bond acceptors (Lipinski definition) is 2. The van der Waals surface area contributed by atoms with Crippen LogP contribution in [0.3, 0.4) is 0 Å². The Balaban J connectivity index is 2.26. The number of rotatable bonds is 8. The largest absolute Gasteiger partial charge is 0.481 e. The van der Waals surface area contributed by atoms with Crippen LogP contribution in [0.15, 0.2) is 0 Å². The topological polar surface area (TPSA) is 78.4 Å². The van der Waals surface area contributed by atoms with Gasteiger partial charge in [0.2, 0.25) is 0 Å². The third kappa shape index (κ3) is 6.82. The van der Waals surface area contributed by atoms with E-state index in [0.29, 0.717) is 30.8 Å². The molecule has 0 bridgehead atoms. The van der Waals surface area contributed by atoms with Crippen LogP contribution in [0, 0.1) is 17.3 Å². The second-order valence-electron chi connectivity index (χ2n) is 7.19. The lowest BCUT2D eigenvalue weighted by Crippen LogP contribution is -2.39. The smallest absolute Gasteiger partial charge is 0.315 e. The lowest BCUT2D eigenvalue weighted by Gasteiger charge is -2.30. The summed E-state index contributed by atoms with van der Waals surface area (Å²) >= 11 is 0. The molecule has 3 atom stereocenters. The van der Waals surface area contributed by atoms with E-state index in [4.69, 9.17) is 5.11 Å². The van der Waals surface area contributed by atoms with Crippen molar-refractivity contribution in [3.05, 3.63) is 0 Å². The standard InChI is InChI=1S/C16H30N2O3/c1-5-11-10-13(11)18-15(21)17-9-8-12(16(2,3)4)6-7-14(19)20/h11-13H,5-10H2,1-4H3,(H,19,20)(H2,17,18,21). The molecule has 0 aliphatic heterocycles. The van der Waals surface area contributed by atoms with Crippen molar-refractivity contribution in [2.24, 2.45) is 17.3 Å². The van der Waals surface area contributed by atoms with E-state index in [1.807, 2.05) is 0 Å². The molecule has 0 saturated heterocycles. The first-order valence-electron chi connectivity index (χ1n) is 8.00. The zero-order chi connectivity index (χ0) is 16.0. The molecule has 0 aromatic rings. The minimum absolute atomic E-state index is 0.0530. The second kappa shape index (κ2) is 7.66. The first kappa shape index (κ1) is 17.8. The molecule has 122 valence electrons. The van der Waals surface area contributed by atoms with Crippen LogP contribution >= 0.6 is 0 Å². The van der Waals surface area contributed by atoms with Crippen LogP contribution in [-0.4, -0.2) is 29.7 Å². The van der Waals surface area contributed by atoms with Crippen LogP contribution in [0.25, 0.3) is 0 Å². The van der Waals surface area contributed by atoms with Crippen LogP contribution < -0.4 is 10.6 Å². The summed E-state index contributed by atoms with van der Waals surface area (Å²) < 4.78 is 0. The van der Waals surface area contributed by atoms with Gasteiger partial charge in [0.15, 0.2) is 0 Å². The maximum atomic E-state index is 11.7. The van der Waals surface area contributed by atoms with Gasteiger partial charge in [0.05, 0.1) is 0 Å². The van der Waals surface area contributed by atoms with Gasteiger partial charge in [-0.1, -0.05) is 34.1 Å². The molecule has 5 heteroatoms. The van der Waals surface area contributed by atoms with Crippen molar-refractivity contribution in [2.45, 2.75) is 65.8 Å². The molecule has 0 aromatic heterocycles. The summed E-state index contributed by atoms with van der Waals surface area (Å²) in [5, 5.41) is 14.7. The lowest BCUT2D eigenvalue weighted by molar-refractivity contribution is -0.137. The first-order chi connectivity index (χ1) is 9.74. The van der Waals surface area contributed by atoms with Gasteiger partial charge in [0, 0.05) is 19.0 Å². The van der Waals surface area contributed by atoms with Crippen LogP contribution in [0.1, 0.15) is 59.8 Å². The number of amides is 2. The highest BCUT2D eigenvalue weighted by atomic mass is 16.4. The molecular formula is C16H30N2O3. The zero-order valence-corrected chi connectivity index (χ0v) is 13.7. The molecule has 1 aliphatic rings. The van der Waals surface area contributed by atoms with Crippen molar-refractivity contribution in [3.63, 3.8) is 0 Å². The second-order valence-corrected chi connectivity index (χ2v) is 7.19. The third-order valence-corrected chi connectivity index (χ3v) is 4.47. The maximum absolute atomic E-state index is 11.7. The van der Waals surface area contributed by atoms with E-state index in [2.05, 4.69) is 38.3 Å². The number of urea groups is 1. The summed E-state index contributed by atoms with van der Waals surface area (Å²) in [4.78, 5) is 22.5. The van der Waals surface area contributed by atoms with Crippen LogP contribution in [0.2, 0.25) is 0 Å². The van der Waals surface area contributed by atoms with Gasteiger partial charge in [0.1, 0.15) is 0 Å². The van der Waals surface area contributed by atoms with Gasteiger partial charge < -0.3 is 15.7 Å². The third-order valence-electron chi connectivity index (χ3n) is 4.47. The molecule has 1 saturated carbocycles. The number of aliphatic carboxylic acids is 1. The SMILES string of the molecule is CCC1CC1NC(=O)NCCC(CCC(=O)O)C(C)(C)C. The molecule has 0 aromatic carbocycles. The molecule has 3 N–H and O–H groups in total. The van der Waals surface area contributed by atoms with Crippen molar-refractivity contribution in [1.82, 2.24) is 10.6 Å². The highest BCUT2D eigenvalue weighted by Crippen LogP contribution is 2.33. The summed E-state index contributed by atoms with van der Waals surface area (Å²) in [7, 11) is 0. The summed E-state index contributed by atoms with van der Waals surface area (Å²) in [6.07, 6.45) is 3.86. The molecule has 1 fully saturated rings. The quantitative estimate of drug-likeness (QED) is 0.644. The monoisotopic (exact) mass is 298 g/mol. The van der Waals surface area contributed by atoms with Crippen molar-refractivity contribution >= 4 is 12.0 Å². The fourth-order valence-corrected chi connectivity index (χ4v) is 2.76. The van der Waals surface area contributed by atoms with Gasteiger partial charge in [0.25, 0.3) is 0 Å². The Kier molecular flexibility index (Phi) is 6.49. The average Bonchev–Trinajstić information content (AvgIpc) is 3.09. The van der Waals surface area contributed by atoms with Crippen molar-refractivity contribution in [2.75, 3.05) is 6.54 Å². The molecule has 1 aliphatic carbocycles. The Morgan fingerprint density at radius 2 is 1.95 bits per heavy atom. The lowest BCUT2D eigenvalue weighted by atomic mass is 9.76. The van der Waals surface area contributed by atoms with Crippen LogP contribution in [0.4, 0.5) is 4.79 Å². The van der Waals surface area contributed by atoms with E-state index < -0.39 is 5.97 Å². The predicted octanol–water partition coefficient (Wildman–Crippen LogP) is 3.00. The minimum atomic E-state index is -0.755. The number of hydrogen-bond donors (Lipinski definition) is 3. The predicted molar refractivity (Wildman–Crippen MR) is 83.2 cm³/mol. The number of carboxylic acid groups (broad SMARTS) is 1. The molecule has 0 radical (unpaired) electrons. The molecule has 21 heavy (non-hydrogen) atoms. The zero-order valence-electron chi connectivity index (χ0n) is 13.7. The van der Waals surface area contributed by atoms with Gasteiger partial charge in [-0.3, -0.25) is 4.79 Å². The molecule has 0 spiro atoms. The normalized spacial score (nSPS) is 22.5. The van der Waals surface area contributed by atoms with Gasteiger partial charge in [-0.2, -0.15) is 0 Å². The highest BCUT2D eigenvalue weighted by Gasteiger charge is 2.36. The minimum Gasteiger partial charge on any atom is -0.481 e. The van der Waals surface area contributed by atoms with E-state index in [0.717, 1.165) is 19.3 Å². The van der Waals surface area contributed by atoms with E-state index in [1.165, 1.54) is 0 Å². The Morgan fingerprint density at radius 1 is 1.29 bits per heavy atom. The summed E-state index contributed by atoms with van der Waals surface area (Å²) in [5.41, 5.74) is 0.0530. The highest BCUT2D eigenvalue weighted by molar-refractivity contribution is 5.74.